The number of hydrogen-bond donors (Lipinski definition) is 1. The van der Waals surface area contributed by atoms with Crippen LogP contribution in [0, 0.1) is 6.92 Å². The molecule has 0 atom stereocenters. The number of rotatable bonds is 8. The van der Waals surface area contributed by atoms with Gasteiger partial charge in [0.1, 0.15) is 0 Å². The van der Waals surface area contributed by atoms with E-state index in [2.05, 4.69) is 30.8 Å². The second-order valence-corrected chi connectivity index (χ2v) is 8.14. The second kappa shape index (κ2) is 9.91. The molecule has 0 saturated heterocycles. The van der Waals surface area contributed by atoms with Gasteiger partial charge in [-0.3, -0.25) is 4.79 Å². The van der Waals surface area contributed by atoms with Gasteiger partial charge in [-0.15, -0.1) is 0 Å². The highest BCUT2D eigenvalue weighted by atomic mass is 79.9. The summed E-state index contributed by atoms with van der Waals surface area (Å²) >= 11 is 4.89. The summed E-state index contributed by atoms with van der Waals surface area (Å²) in [5.74, 6) is 0.234. The molecular weight excluding hydrogens is 438 g/mol. The minimum absolute atomic E-state index is 0.0552. The lowest BCUT2D eigenvalue weighted by Gasteiger charge is -2.12. The fourth-order valence-electron chi connectivity index (χ4n) is 2.69. The Morgan fingerprint density at radius 1 is 1.18 bits per heavy atom. The number of halogens is 1. The van der Waals surface area contributed by atoms with E-state index in [4.69, 9.17) is 4.74 Å². The topological polar surface area (TPSA) is 56.2 Å². The zero-order valence-corrected chi connectivity index (χ0v) is 18.2. The Balaban J connectivity index is 1.71. The molecule has 7 heteroatoms. The van der Waals surface area contributed by atoms with E-state index in [1.54, 1.807) is 7.11 Å². The Labute approximate surface area is 177 Å². The predicted molar refractivity (Wildman–Crippen MR) is 118 cm³/mol. The molecule has 0 radical (unpaired) electrons. The molecule has 1 aromatic heterocycles. The molecule has 3 rings (SSSR count). The standard InChI is InChI=1S/C21H22BrN3O2S/c1-15-3-9-18(10-4-15)24-20(26)14-28-21-23-13-19(25(21)11-12-27-2)16-5-7-17(22)8-6-16/h3-10,13H,11-12,14H2,1-2H3,(H,24,26). The van der Waals surface area contributed by atoms with Crippen molar-refractivity contribution in [3.8, 4) is 11.3 Å². The number of benzene rings is 2. The average Bonchev–Trinajstić information content (AvgIpc) is 3.10. The van der Waals surface area contributed by atoms with E-state index < -0.39 is 0 Å². The number of thioether (sulfide) groups is 1. The molecule has 1 N–H and O–H groups in total. The van der Waals surface area contributed by atoms with Crippen molar-refractivity contribution in [2.75, 3.05) is 24.8 Å². The molecule has 1 heterocycles. The third-order valence-corrected chi connectivity index (χ3v) is 5.66. The van der Waals surface area contributed by atoms with E-state index in [0.29, 0.717) is 13.2 Å². The molecule has 5 nitrogen and oxygen atoms in total. The summed E-state index contributed by atoms with van der Waals surface area (Å²) in [5, 5.41) is 3.72. The largest absolute Gasteiger partial charge is 0.383 e. The number of nitrogens with one attached hydrogen (secondary N) is 1. The normalized spacial score (nSPS) is 10.8. The van der Waals surface area contributed by atoms with E-state index in [1.807, 2.05) is 61.7 Å². The van der Waals surface area contributed by atoms with Crippen LogP contribution >= 0.6 is 27.7 Å². The van der Waals surface area contributed by atoms with Crippen molar-refractivity contribution >= 4 is 39.3 Å². The van der Waals surface area contributed by atoms with E-state index >= 15 is 0 Å². The molecule has 0 aliphatic rings. The minimum Gasteiger partial charge on any atom is -0.383 e. The zero-order valence-electron chi connectivity index (χ0n) is 15.8. The number of nitrogens with zero attached hydrogens (tertiary/aromatic N) is 2. The Kier molecular flexibility index (Phi) is 7.30. The minimum atomic E-state index is -0.0552. The summed E-state index contributed by atoms with van der Waals surface area (Å²) in [7, 11) is 1.68. The van der Waals surface area contributed by atoms with Gasteiger partial charge < -0.3 is 14.6 Å². The summed E-state index contributed by atoms with van der Waals surface area (Å²) < 4.78 is 8.37. The first kappa shape index (κ1) is 20.6. The molecule has 0 fully saturated rings. The molecule has 2 aromatic carbocycles. The Bertz CT molecular complexity index is 924. The number of anilines is 1. The number of aromatic nitrogens is 2. The van der Waals surface area contributed by atoms with Crippen LogP contribution in [-0.4, -0.2) is 34.9 Å². The number of imidazole rings is 1. The fourth-order valence-corrected chi connectivity index (χ4v) is 3.76. The van der Waals surface area contributed by atoms with Gasteiger partial charge in [0.25, 0.3) is 0 Å². The molecule has 146 valence electrons. The summed E-state index contributed by atoms with van der Waals surface area (Å²) in [5.41, 5.74) is 4.04. The summed E-state index contributed by atoms with van der Waals surface area (Å²) in [6.07, 6.45) is 1.85. The average molecular weight is 460 g/mol. The lowest BCUT2D eigenvalue weighted by molar-refractivity contribution is -0.113. The SMILES string of the molecule is COCCn1c(-c2ccc(Br)cc2)cnc1SCC(=O)Nc1ccc(C)cc1. The van der Waals surface area contributed by atoms with E-state index in [0.717, 1.165) is 32.1 Å². The van der Waals surface area contributed by atoms with Crippen LogP contribution in [0.2, 0.25) is 0 Å². The van der Waals surface area contributed by atoms with Crippen molar-refractivity contribution in [1.82, 2.24) is 9.55 Å². The van der Waals surface area contributed by atoms with E-state index in [-0.39, 0.29) is 11.7 Å². The molecule has 3 aromatic rings. The molecule has 0 spiro atoms. The van der Waals surface area contributed by atoms with Gasteiger partial charge in [-0.2, -0.15) is 0 Å². The molecule has 0 aliphatic heterocycles. The van der Waals surface area contributed by atoms with Crippen molar-refractivity contribution in [3.63, 3.8) is 0 Å². The first-order valence-electron chi connectivity index (χ1n) is 8.86. The van der Waals surface area contributed by atoms with Crippen LogP contribution in [0.4, 0.5) is 5.69 Å². The highest BCUT2D eigenvalue weighted by molar-refractivity contribution is 9.10. The van der Waals surface area contributed by atoms with Crippen molar-refractivity contribution in [2.45, 2.75) is 18.6 Å². The third-order valence-electron chi connectivity index (χ3n) is 4.15. The van der Waals surface area contributed by atoms with Gasteiger partial charge in [-0.25, -0.2) is 4.98 Å². The first-order valence-corrected chi connectivity index (χ1v) is 10.6. The van der Waals surface area contributed by atoms with Gasteiger partial charge in [0.2, 0.25) is 5.91 Å². The number of hydrogen-bond acceptors (Lipinski definition) is 4. The van der Waals surface area contributed by atoms with Crippen molar-refractivity contribution < 1.29 is 9.53 Å². The molecule has 0 saturated carbocycles. The van der Waals surface area contributed by atoms with Gasteiger partial charge in [-0.05, 0) is 36.8 Å². The van der Waals surface area contributed by atoms with Gasteiger partial charge in [0.05, 0.1) is 24.3 Å². The lowest BCUT2D eigenvalue weighted by atomic mass is 10.2. The Hall–Kier alpha value is -2.09. The molecular formula is C21H22BrN3O2S. The third kappa shape index (κ3) is 5.47. The van der Waals surface area contributed by atoms with Gasteiger partial charge in [-0.1, -0.05) is 57.5 Å². The van der Waals surface area contributed by atoms with Crippen LogP contribution in [0.3, 0.4) is 0 Å². The predicted octanol–water partition coefficient (Wildman–Crippen LogP) is 5.00. The van der Waals surface area contributed by atoms with Crippen LogP contribution in [0.1, 0.15) is 5.56 Å². The number of amides is 1. The van der Waals surface area contributed by atoms with Gasteiger partial charge >= 0.3 is 0 Å². The maximum absolute atomic E-state index is 12.3. The van der Waals surface area contributed by atoms with Gasteiger partial charge in [0.15, 0.2) is 5.16 Å². The van der Waals surface area contributed by atoms with Crippen LogP contribution < -0.4 is 5.32 Å². The fraction of sp³-hybridized carbons (Fsp3) is 0.238. The Morgan fingerprint density at radius 3 is 2.57 bits per heavy atom. The molecule has 0 aliphatic carbocycles. The van der Waals surface area contributed by atoms with Gasteiger partial charge in [0, 0.05) is 23.8 Å². The van der Waals surface area contributed by atoms with Crippen LogP contribution in [0.15, 0.2) is 64.4 Å². The van der Waals surface area contributed by atoms with E-state index in [9.17, 15) is 4.79 Å². The van der Waals surface area contributed by atoms with Crippen molar-refractivity contribution in [2.24, 2.45) is 0 Å². The zero-order chi connectivity index (χ0) is 19.9. The van der Waals surface area contributed by atoms with Crippen LogP contribution in [-0.2, 0) is 16.1 Å². The number of carbonyl (C=O) groups excluding carboxylic acids is 1. The maximum atomic E-state index is 12.3. The smallest absolute Gasteiger partial charge is 0.234 e. The molecule has 0 unspecified atom stereocenters. The number of ether oxygens (including phenoxy) is 1. The number of carbonyl (C=O) groups is 1. The van der Waals surface area contributed by atoms with Crippen molar-refractivity contribution in [1.29, 1.82) is 0 Å². The summed E-state index contributed by atoms with van der Waals surface area (Å²) in [6, 6.07) is 15.9. The summed E-state index contributed by atoms with van der Waals surface area (Å²) in [6.45, 7) is 3.26. The lowest BCUT2D eigenvalue weighted by Crippen LogP contribution is -2.15. The molecule has 1 amide bonds. The quantitative estimate of drug-likeness (QED) is 0.481. The maximum Gasteiger partial charge on any atom is 0.234 e. The molecule has 0 bridgehead atoms. The number of aryl methyl sites for hydroxylation is 1. The highest BCUT2D eigenvalue weighted by Crippen LogP contribution is 2.27. The van der Waals surface area contributed by atoms with Crippen LogP contribution in [0.25, 0.3) is 11.3 Å². The number of methoxy groups -OCH3 is 1. The Morgan fingerprint density at radius 2 is 1.89 bits per heavy atom. The van der Waals surface area contributed by atoms with E-state index in [1.165, 1.54) is 11.8 Å². The van der Waals surface area contributed by atoms with Crippen molar-refractivity contribution in [3.05, 3.63) is 64.8 Å². The van der Waals surface area contributed by atoms with Crippen LogP contribution in [0.5, 0.6) is 0 Å². The monoisotopic (exact) mass is 459 g/mol. The highest BCUT2D eigenvalue weighted by Gasteiger charge is 2.14. The summed E-state index contributed by atoms with van der Waals surface area (Å²) in [4.78, 5) is 16.8. The molecule has 28 heavy (non-hydrogen) atoms. The first-order chi connectivity index (χ1) is 13.6. The second-order valence-electron chi connectivity index (χ2n) is 6.28.